The third-order valence-electron chi connectivity index (χ3n) is 9.42. The van der Waals surface area contributed by atoms with Gasteiger partial charge in [0.2, 0.25) is 5.79 Å². The molecule has 0 aromatic rings. The van der Waals surface area contributed by atoms with Gasteiger partial charge in [0.15, 0.2) is 5.78 Å². The number of carbonyl (C=O) groups is 1. The molecule has 0 unspecified atom stereocenters. The van der Waals surface area contributed by atoms with Gasteiger partial charge in [0, 0.05) is 24.4 Å². The fraction of sp³-hybridized carbons (Fsp3) is 0.952. The lowest BCUT2D eigenvalue weighted by Gasteiger charge is -2.74. The molecule has 0 aromatic heterocycles. The number of carbonyl (C=O) groups excluding carboxylic acids is 1. The zero-order valence-electron chi connectivity index (χ0n) is 16.8. The van der Waals surface area contributed by atoms with Crippen molar-refractivity contribution in [3.05, 3.63) is 0 Å². The zero-order chi connectivity index (χ0) is 20.3. The number of ether oxygens (including phenoxy) is 2. The van der Waals surface area contributed by atoms with Crippen LogP contribution in [0.2, 0.25) is 0 Å². The minimum atomic E-state index is -2.14. The average molecular weight is 396 g/mol. The standard InChI is InChI=1S/C21H32O7/c1-18(2)7-6-13(22)19-9-28-21(26,17(25)14(18)19)20-12(19)5-4-10(15(20)23)11(8-27-3)16(20)24/h10-15,17,22-23,25-26H,4-9H2,1-3H3/t10-,11-,12-,13-,14+,15+,17-,19+,20+,21+/m1/s1. The monoisotopic (exact) mass is 396 g/mol. The van der Waals surface area contributed by atoms with Gasteiger partial charge in [-0.15, -0.1) is 0 Å². The molecule has 6 fully saturated rings. The van der Waals surface area contributed by atoms with Crippen molar-refractivity contribution in [1.29, 1.82) is 0 Å². The van der Waals surface area contributed by atoms with Crippen LogP contribution in [0.15, 0.2) is 0 Å². The first-order valence-electron chi connectivity index (χ1n) is 10.5. The van der Waals surface area contributed by atoms with E-state index in [0.717, 1.165) is 6.42 Å². The summed E-state index contributed by atoms with van der Waals surface area (Å²) in [6.45, 7) is 4.38. The van der Waals surface area contributed by atoms with Crippen molar-refractivity contribution in [2.24, 2.45) is 39.9 Å². The largest absolute Gasteiger partial charge is 0.392 e. The summed E-state index contributed by atoms with van der Waals surface area (Å²) in [4.78, 5) is 13.8. The number of aliphatic hydroxyl groups is 4. The first kappa shape index (κ1) is 19.4. The van der Waals surface area contributed by atoms with Crippen LogP contribution in [0.3, 0.4) is 0 Å². The number of ketones is 1. The lowest BCUT2D eigenvalue weighted by molar-refractivity contribution is -0.458. The predicted molar refractivity (Wildman–Crippen MR) is 96.9 cm³/mol. The van der Waals surface area contributed by atoms with Crippen molar-refractivity contribution in [3.8, 4) is 0 Å². The third-order valence-corrected chi connectivity index (χ3v) is 9.42. The van der Waals surface area contributed by atoms with Gasteiger partial charge in [-0.05, 0) is 42.9 Å². The maximum atomic E-state index is 13.8. The van der Waals surface area contributed by atoms with E-state index in [1.165, 1.54) is 7.11 Å². The molecule has 6 aliphatic rings. The van der Waals surface area contributed by atoms with Crippen LogP contribution in [0.4, 0.5) is 0 Å². The smallest absolute Gasteiger partial charge is 0.208 e. The Morgan fingerprint density at radius 1 is 1.14 bits per heavy atom. The molecule has 2 spiro atoms. The Kier molecular flexibility index (Phi) is 3.85. The van der Waals surface area contributed by atoms with Crippen LogP contribution >= 0.6 is 0 Å². The average Bonchev–Trinajstić information content (AvgIpc) is 2.76. The molecule has 6 rings (SSSR count). The number of rotatable bonds is 2. The van der Waals surface area contributed by atoms with Crippen molar-refractivity contribution in [3.63, 3.8) is 0 Å². The molecular weight excluding hydrogens is 364 g/mol. The molecule has 4 saturated carbocycles. The van der Waals surface area contributed by atoms with E-state index in [4.69, 9.17) is 9.47 Å². The highest BCUT2D eigenvalue weighted by Crippen LogP contribution is 2.76. The highest BCUT2D eigenvalue weighted by atomic mass is 16.6. The summed E-state index contributed by atoms with van der Waals surface area (Å²) in [5, 5.41) is 45.8. The summed E-state index contributed by atoms with van der Waals surface area (Å²) >= 11 is 0. The number of aliphatic hydroxyl groups excluding tert-OH is 3. The Morgan fingerprint density at radius 2 is 1.86 bits per heavy atom. The quantitative estimate of drug-likeness (QED) is 0.522. The molecular formula is C21H32O7. The Labute approximate surface area is 165 Å². The van der Waals surface area contributed by atoms with Crippen LogP contribution in [0.25, 0.3) is 0 Å². The van der Waals surface area contributed by atoms with Gasteiger partial charge in [-0.1, -0.05) is 13.8 Å². The van der Waals surface area contributed by atoms with Crippen LogP contribution in [-0.2, 0) is 14.3 Å². The van der Waals surface area contributed by atoms with Gasteiger partial charge in [0.1, 0.15) is 11.5 Å². The summed E-state index contributed by atoms with van der Waals surface area (Å²) in [6, 6.07) is 0. The summed E-state index contributed by atoms with van der Waals surface area (Å²) in [7, 11) is 1.52. The summed E-state index contributed by atoms with van der Waals surface area (Å²) in [5.74, 6) is -4.11. The highest BCUT2D eigenvalue weighted by Gasteiger charge is 2.87. The van der Waals surface area contributed by atoms with Crippen molar-refractivity contribution in [2.75, 3.05) is 20.3 Å². The lowest BCUT2D eigenvalue weighted by atomic mass is 9.35. The van der Waals surface area contributed by atoms with Gasteiger partial charge in [-0.25, -0.2) is 0 Å². The molecule has 4 aliphatic carbocycles. The van der Waals surface area contributed by atoms with Crippen LogP contribution in [0.5, 0.6) is 0 Å². The van der Waals surface area contributed by atoms with Crippen molar-refractivity contribution in [1.82, 2.24) is 0 Å². The van der Waals surface area contributed by atoms with Gasteiger partial charge in [0.05, 0.1) is 25.4 Å². The molecule has 2 saturated heterocycles. The predicted octanol–water partition coefficient (Wildman–Crippen LogP) is 0.0820. The van der Waals surface area contributed by atoms with Crippen LogP contribution in [0.1, 0.15) is 39.5 Å². The molecule has 0 radical (unpaired) electrons. The molecule has 2 aliphatic heterocycles. The minimum Gasteiger partial charge on any atom is -0.392 e. The number of Topliss-reactive ketones (excluding diaryl/α,β-unsaturated/α-hetero) is 1. The number of hydrogen-bond donors (Lipinski definition) is 4. The Bertz CT molecular complexity index is 709. The Balaban J connectivity index is 1.75. The van der Waals surface area contributed by atoms with Crippen molar-refractivity contribution < 1.29 is 34.7 Å². The summed E-state index contributed by atoms with van der Waals surface area (Å²) in [5.41, 5.74) is -2.79. The van der Waals surface area contributed by atoms with E-state index in [1.54, 1.807) is 0 Å². The lowest BCUT2D eigenvalue weighted by Crippen LogP contribution is -2.85. The van der Waals surface area contributed by atoms with E-state index < -0.39 is 52.7 Å². The second-order valence-corrected chi connectivity index (χ2v) is 10.6. The third kappa shape index (κ3) is 1.74. The SMILES string of the molecule is COC[C@H]1C(=O)[C@]23[C@H](CC[C@H]1[C@@H]2O)[C@]12CO[C@@]3(O)[C@H](O)[C@H]1C(C)(C)CC[C@H]2O. The number of methoxy groups -OCH3 is 1. The van der Waals surface area contributed by atoms with E-state index in [2.05, 4.69) is 13.8 Å². The van der Waals surface area contributed by atoms with Gasteiger partial charge in [-0.2, -0.15) is 0 Å². The van der Waals surface area contributed by atoms with E-state index in [-0.39, 0.29) is 30.3 Å². The highest BCUT2D eigenvalue weighted by molar-refractivity contribution is 5.93. The summed E-state index contributed by atoms with van der Waals surface area (Å²) < 4.78 is 11.1. The minimum absolute atomic E-state index is 0.0991. The normalized spacial score (nSPS) is 59.1. The fourth-order valence-electron chi connectivity index (χ4n) is 8.47. The molecule has 0 aromatic carbocycles. The van der Waals surface area contributed by atoms with Gasteiger partial charge in [-0.3, -0.25) is 4.79 Å². The molecule has 2 heterocycles. The fourth-order valence-corrected chi connectivity index (χ4v) is 8.47. The maximum absolute atomic E-state index is 13.8. The van der Waals surface area contributed by atoms with E-state index in [1.807, 2.05) is 0 Å². The first-order chi connectivity index (χ1) is 13.1. The van der Waals surface area contributed by atoms with Gasteiger partial charge >= 0.3 is 0 Å². The van der Waals surface area contributed by atoms with Crippen molar-refractivity contribution >= 4 is 5.78 Å². The molecule has 28 heavy (non-hydrogen) atoms. The molecule has 7 nitrogen and oxygen atoms in total. The maximum Gasteiger partial charge on any atom is 0.208 e. The molecule has 7 heteroatoms. The van der Waals surface area contributed by atoms with Crippen molar-refractivity contribution in [2.45, 2.75) is 63.6 Å². The zero-order valence-corrected chi connectivity index (χ0v) is 16.8. The van der Waals surface area contributed by atoms with Crippen LogP contribution in [-0.4, -0.2) is 70.6 Å². The topological polar surface area (TPSA) is 116 Å². The molecule has 4 bridgehead atoms. The molecule has 158 valence electrons. The van der Waals surface area contributed by atoms with E-state index in [9.17, 15) is 25.2 Å². The van der Waals surface area contributed by atoms with E-state index in [0.29, 0.717) is 19.3 Å². The Morgan fingerprint density at radius 3 is 2.54 bits per heavy atom. The van der Waals surface area contributed by atoms with E-state index >= 15 is 0 Å². The number of fused-ring (bicyclic) bond motifs is 2. The molecule has 0 amide bonds. The first-order valence-corrected chi connectivity index (χ1v) is 10.5. The molecule has 10 atom stereocenters. The second-order valence-electron chi connectivity index (χ2n) is 10.6. The Hall–Kier alpha value is -0.570. The van der Waals surface area contributed by atoms with Gasteiger partial charge < -0.3 is 29.9 Å². The second kappa shape index (κ2) is 5.56. The molecule has 4 N–H and O–H groups in total. The van der Waals surface area contributed by atoms with Crippen LogP contribution < -0.4 is 0 Å². The number of hydrogen-bond acceptors (Lipinski definition) is 7. The summed E-state index contributed by atoms with van der Waals surface area (Å²) in [6.07, 6.45) is -0.671. The van der Waals surface area contributed by atoms with Crippen LogP contribution in [0, 0.1) is 39.9 Å². The van der Waals surface area contributed by atoms with Gasteiger partial charge in [0.25, 0.3) is 0 Å².